The van der Waals surface area contributed by atoms with Crippen LogP contribution in [0.1, 0.15) is 26.3 Å². The summed E-state index contributed by atoms with van der Waals surface area (Å²) in [5, 5.41) is 36.0. The first-order chi connectivity index (χ1) is 14.4. The van der Waals surface area contributed by atoms with Crippen LogP contribution >= 0.6 is 0 Å². The second-order valence-electron chi connectivity index (χ2n) is 7.33. The molecule has 0 saturated carbocycles. The number of hydrogen-bond donors (Lipinski definition) is 7. The minimum absolute atomic E-state index is 0.0108. The molecule has 6 atom stereocenters. The Hall–Kier alpha value is -3.02. The molecule has 1 rings (SSSR count). The molecule has 31 heavy (non-hydrogen) atoms. The standard InChI is InChI=1S/C20H30N4O7/c1-10(21)17(27)23-16(12(3)26)19(29)24-15(11(2)25)18(28)22-14(20(30)31)9-13-7-5-4-6-8-13/h4-8,10-12,14-16,25-26H,9,21H2,1-3H3,(H,22,28)(H,23,27)(H,24,29)(H,30,31). The van der Waals surface area contributed by atoms with Gasteiger partial charge in [-0.25, -0.2) is 4.79 Å². The molecule has 11 heteroatoms. The molecule has 0 aliphatic carbocycles. The first-order valence-electron chi connectivity index (χ1n) is 9.73. The van der Waals surface area contributed by atoms with Crippen molar-refractivity contribution in [1.29, 1.82) is 0 Å². The molecule has 0 fully saturated rings. The molecule has 0 heterocycles. The van der Waals surface area contributed by atoms with Gasteiger partial charge >= 0.3 is 5.97 Å². The van der Waals surface area contributed by atoms with Crippen LogP contribution < -0.4 is 21.7 Å². The summed E-state index contributed by atoms with van der Waals surface area (Å²) in [5.41, 5.74) is 6.11. The summed E-state index contributed by atoms with van der Waals surface area (Å²) in [7, 11) is 0. The van der Waals surface area contributed by atoms with Crippen molar-refractivity contribution in [2.45, 2.75) is 63.6 Å². The van der Waals surface area contributed by atoms with Gasteiger partial charge in [-0.3, -0.25) is 14.4 Å². The zero-order chi connectivity index (χ0) is 23.7. The SMILES string of the molecule is CC(N)C(=O)NC(C(=O)NC(C(=O)NC(Cc1ccccc1)C(=O)O)C(C)O)C(C)O. The van der Waals surface area contributed by atoms with Gasteiger partial charge in [0, 0.05) is 6.42 Å². The summed E-state index contributed by atoms with van der Waals surface area (Å²) < 4.78 is 0. The third kappa shape index (κ3) is 8.32. The number of aliphatic hydroxyl groups is 2. The van der Waals surface area contributed by atoms with E-state index in [0.717, 1.165) is 0 Å². The normalized spacial score (nSPS) is 16.7. The maximum absolute atomic E-state index is 12.6. The molecule has 1 aromatic rings. The van der Waals surface area contributed by atoms with Crippen LogP contribution in [0.5, 0.6) is 0 Å². The van der Waals surface area contributed by atoms with Crippen molar-refractivity contribution in [2.24, 2.45) is 5.73 Å². The Morgan fingerprint density at radius 1 is 0.839 bits per heavy atom. The Kier molecular flexibility index (Phi) is 10.1. The van der Waals surface area contributed by atoms with Crippen molar-refractivity contribution in [3.8, 4) is 0 Å². The molecule has 11 nitrogen and oxygen atoms in total. The van der Waals surface area contributed by atoms with E-state index in [-0.39, 0.29) is 6.42 Å². The van der Waals surface area contributed by atoms with Crippen molar-refractivity contribution >= 4 is 23.7 Å². The molecule has 1 aromatic carbocycles. The lowest BCUT2D eigenvalue weighted by Gasteiger charge is -2.27. The van der Waals surface area contributed by atoms with Gasteiger partial charge in [0.1, 0.15) is 18.1 Å². The first kappa shape index (κ1) is 26.0. The summed E-state index contributed by atoms with van der Waals surface area (Å²) in [5.74, 6) is -3.87. The number of carboxylic acid groups (broad SMARTS) is 1. The lowest BCUT2D eigenvalue weighted by atomic mass is 10.0. The van der Waals surface area contributed by atoms with Gasteiger partial charge in [-0.15, -0.1) is 0 Å². The van der Waals surface area contributed by atoms with Gasteiger partial charge in [-0.1, -0.05) is 30.3 Å². The van der Waals surface area contributed by atoms with Crippen LogP contribution in [-0.2, 0) is 25.6 Å². The topological polar surface area (TPSA) is 191 Å². The Labute approximate surface area is 180 Å². The van der Waals surface area contributed by atoms with Crippen LogP contribution in [0.2, 0.25) is 0 Å². The van der Waals surface area contributed by atoms with Gasteiger partial charge in [0.25, 0.3) is 0 Å². The number of nitrogens with two attached hydrogens (primary N) is 1. The van der Waals surface area contributed by atoms with E-state index in [9.17, 15) is 34.5 Å². The fourth-order valence-electron chi connectivity index (χ4n) is 2.65. The van der Waals surface area contributed by atoms with Crippen LogP contribution in [-0.4, -0.2) is 75.4 Å². The molecule has 3 amide bonds. The molecule has 6 unspecified atom stereocenters. The zero-order valence-electron chi connectivity index (χ0n) is 17.6. The Balaban J connectivity index is 2.92. The Morgan fingerprint density at radius 2 is 1.29 bits per heavy atom. The molecule has 0 aliphatic rings. The number of benzene rings is 1. The van der Waals surface area contributed by atoms with Crippen LogP contribution in [0.4, 0.5) is 0 Å². The number of nitrogens with one attached hydrogen (secondary N) is 3. The maximum Gasteiger partial charge on any atom is 0.326 e. The number of carbonyl (C=O) groups is 4. The van der Waals surface area contributed by atoms with E-state index in [0.29, 0.717) is 5.56 Å². The van der Waals surface area contributed by atoms with E-state index in [2.05, 4.69) is 16.0 Å². The minimum atomic E-state index is -1.53. The molecular formula is C20H30N4O7. The van der Waals surface area contributed by atoms with Crippen LogP contribution in [0.25, 0.3) is 0 Å². The quantitative estimate of drug-likeness (QED) is 0.204. The first-order valence-corrected chi connectivity index (χ1v) is 9.73. The highest BCUT2D eigenvalue weighted by molar-refractivity contribution is 5.94. The van der Waals surface area contributed by atoms with E-state index >= 15 is 0 Å². The summed E-state index contributed by atoms with van der Waals surface area (Å²) in [6.45, 7) is 3.87. The number of aliphatic carboxylic acids is 1. The van der Waals surface area contributed by atoms with E-state index in [1.807, 2.05) is 0 Å². The van der Waals surface area contributed by atoms with Gasteiger partial charge < -0.3 is 37.0 Å². The second kappa shape index (κ2) is 12.0. The van der Waals surface area contributed by atoms with Gasteiger partial charge in [0.2, 0.25) is 17.7 Å². The average Bonchev–Trinajstić information content (AvgIpc) is 2.69. The number of aliphatic hydroxyl groups excluding tert-OH is 2. The predicted molar refractivity (Wildman–Crippen MR) is 111 cm³/mol. The number of carbonyl (C=O) groups excluding carboxylic acids is 3. The van der Waals surface area contributed by atoms with E-state index in [1.54, 1.807) is 30.3 Å². The lowest BCUT2D eigenvalue weighted by molar-refractivity contribution is -0.143. The molecule has 0 saturated heterocycles. The minimum Gasteiger partial charge on any atom is -0.480 e. The molecule has 0 aliphatic heterocycles. The summed E-state index contributed by atoms with van der Waals surface area (Å²) in [6, 6.07) is 3.39. The molecule has 0 aromatic heterocycles. The zero-order valence-corrected chi connectivity index (χ0v) is 17.6. The third-order valence-electron chi connectivity index (χ3n) is 4.44. The second-order valence-corrected chi connectivity index (χ2v) is 7.33. The van der Waals surface area contributed by atoms with Crippen molar-refractivity contribution in [3.63, 3.8) is 0 Å². The predicted octanol–water partition coefficient (Wildman–Crippen LogP) is -2.12. The molecule has 0 spiro atoms. The van der Waals surface area contributed by atoms with Crippen molar-refractivity contribution in [3.05, 3.63) is 35.9 Å². The number of carboxylic acids is 1. The summed E-state index contributed by atoms with van der Waals surface area (Å²) in [6.07, 6.45) is -2.73. The molecule has 172 valence electrons. The Morgan fingerprint density at radius 3 is 1.71 bits per heavy atom. The highest BCUT2D eigenvalue weighted by Gasteiger charge is 2.34. The van der Waals surface area contributed by atoms with Gasteiger partial charge in [-0.2, -0.15) is 0 Å². The highest BCUT2D eigenvalue weighted by atomic mass is 16.4. The van der Waals surface area contributed by atoms with Crippen LogP contribution in [0.3, 0.4) is 0 Å². The largest absolute Gasteiger partial charge is 0.480 e. The molecule has 0 bridgehead atoms. The molecule has 0 radical (unpaired) electrons. The monoisotopic (exact) mass is 438 g/mol. The van der Waals surface area contributed by atoms with Gasteiger partial charge in [-0.05, 0) is 26.3 Å². The smallest absolute Gasteiger partial charge is 0.326 e. The van der Waals surface area contributed by atoms with Crippen molar-refractivity contribution in [2.75, 3.05) is 0 Å². The number of hydrogen-bond acceptors (Lipinski definition) is 7. The van der Waals surface area contributed by atoms with Crippen LogP contribution in [0.15, 0.2) is 30.3 Å². The number of rotatable bonds is 11. The summed E-state index contributed by atoms with van der Waals surface area (Å²) >= 11 is 0. The average molecular weight is 438 g/mol. The van der Waals surface area contributed by atoms with Crippen molar-refractivity contribution < 1.29 is 34.5 Å². The van der Waals surface area contributed by atoms with Gasteiger partial charge in [0.15, 0.2) is 0 Å². The molecular weight excluding hydrogens is 408 g/mol. The van der Waals surface area contributed by atoms with E-state index < -0.39 is 60.1 Å². The fraction of sp³-hybridized carbons (Fsp3) is 0.500. The van der Waals surface area contributed by atoms with Gasteiger partial charge in [0.05, 0.1) is 18.2 Å². The molecule has 8 N–H and O–H groups in total. The maximum atomic E-state index is 12.6. The van der Waals surface area contributed by atoms with Crippen molar-refractivity contribution in [1.82, 2.24) is 16.0 Å². The van der Waals surface area contributed by atoms with E-state index in [4.69, 9.17) is 5.73 Å². The highest BCUT2D eigenvalue weighted by Crippen LogP contribution is 2.05. The third-order valence-corrected chi connectivity index (χ3v) is 4.44. The summed E-state index contributed by atoms with van der Waals surface area (Å²) in [4.78, 5) is 48.5. The van der Waals surface area contributed by atoms with E-state index in [1.165, 1.54) is 20.8 Å². The number of amides is 3. The lowest BCUT2D eigenvalue weighted by Crippen LogP contribution is -2.61. The van der Waals surface area contributed by atoms with Crippen LogP contribution in [0, 0.1) is 0 Å². The Bertz CT molecular complexity index is 768. The fourth-order valence-corrected chi connectivity index (χ4v) is 2.65.